The second-order valence-electron chi connectivity index (χ2n) is 4.80. The summed E-state index contributed by atoms with van der Waals surface area (Å²) in [7, 11) is 0. The Morgan fingerprint density at radius 2 is 1.44 bits per heavy atom. The van der Waals surface area contributed by atoms with Crippen molar-refractivity contribution in [1.82, 2.24) is 0 Å². The van der Waals surface area contributed by atoms with Gasteiger partial charge in [-0.25, -0.2) is 0 Å². The zero-order valence-corrected chi connectivity index (χ0v) is 10.1. The van der Waals surface area contributed by atoms with Gasteiger partial charge in [-0.3, -0.25) is 0 Å². The zero-order valence-electron chi connectivity index (χ0n) is 10.1. The van der Waals surface area contributed by atoms with Crippen molar-refractivity contribution in [3.05, 3.63) is 60.2 Å². The summed E-state index contributed by atoms with van der Waals surface area (Å²) in [6, 6.07) is 19.1. The average Bonchev–Trinajstić information content (AvgIpc) is 2.73. The molecule has 0 saturated carbocycles. The fourth-order valence-electron chi connectivity index (χ4n) is 2.58. The van der Waals surface area contributed by atoms with Crippen LogP contribution in [0.4, 0.5) is 0 Å². The molecule has 0 spiro atoms. The maximum atomic E-state index is 5.92. The van der Waals surface area contributed by atoms with E-state index >= 15 is 0 Å². The molecule has 86 valence electrons. The molecule has 0 aliphatic carbocycles. The van der Waals surface area contributed by atoms with Gasteiger partial charge in [0.25, 0.3) is 0 Å². The van der Waals surface area contributed by atoms with E-state index in [4.69, 9.17) is 4.42 Å². The minimum atomic E-state index is 0.964. The molecule has 1 heterocycles. The van der Waals surface area contributed by atoms with Gasteiger partial charge in [-0.2, -0.15) is 0 Å². The Kier molecular flexibility index (Phi) is 1.81. The summed E-state index contributed by atoms with van der Waals surface area (Å²) in [4.78, 5) is 0. The van der Waals surface area contributed by atoms with Crippen molar-refractivity contribution >= 4 is 32.7 Å². The monoisotopic (exact) mass is 232 g/mol. The van der Waals surface area contributed by atoms with Gasteiger partial charge in [0.1, 0.15) is 11.2 Å². The van der Waals surface area contributed by atoms with E-state index in [-0.39, 0.29) is 0 Å². The minimum Gasteiger partial charge on any atom is -0.456 e. The van der Waals surface area contributed by atoms with Crippen LogP contribution in [0, 0.1) is 6.92 Å². The summed E-state index contributed by atoms with van der Waals surface area (Å²) in [5, 5.41) is 4.89. The first-order valence-corrected chi connectivity index (χ1v) is 6.13. The molecular formula is C17H12O. The van der Waals surface area contributed by atoms with Crippen LogP contribution in [0.15, 0.2) is 59.0 Å². The highest BCUT2D eigenvalue weighted by Crippen LogP contribution is 2.32. The summed E-state index contributed by atoms with van der Waals surface area (Å²) in [5.74, 6) is 0. The van der Waals surface area contributed by atoms with Crippen molar-refractivity contribution in [1.29, 1.82) is 0 Å². The minimum absolute atomic E-state index is 0.964. The fourth-order valence-corrected chi connectivity index (χ4v) is 2.58. The summed E-state index contributed by atoms with van der Waals surface area (Å²) in [6.07, 6.45) is 0. The average molecular weight is 232 g/mol. The molecule has 18 heavy (non-hydrogen) atoms. The van der Waals surface area contributed by atoms with Crippen LogP contribution in [0.2, 0.25) is 0 Å². The van der Waals surface area contributed by atoms with Gasteiger partial charge in [-0.1, -0.05) is 35.9 Å². The van der Waals surface area contributed by atoms with Crippen molar-refractivity contribution in [2.45, 2.75) is 6.92 Å². The number of rotatable bonds is 0. The number of benzene rings is 3. The highest BCUT2D eigenvalue weighted by molar-refractivity contribution is 6.10. The maximum Gasteiger partial charge on any atom is 0.136 e. The topological polar surface area (TPSA) is 13.1 Å². The highest BCUT2D eigenvalue weighted by Gasteiger charge is 2.07. The van der Waals surface area contributed by atoms with Crippen molar-refractivity contribution in [3.63, 3.8) is 0 Å². The number of aryl methyl sites for hydroxylation is 1. The molecule has 4 aromatic rings. The lowest BCUT2D eigenvalue weighted by molar-refractivity contribution is 0.669. The van der Waals surface area contributed by atoms with Crippen LogP contribution in [0.3, 0.4) is 0 Å². The summed E-state index contributed by atoms with van der Waals surface area (Å²) in [5.41, 5.74) is 3.19. The van der Waals surface area contributed by atoms with Crippen molar-refractivity contribution in [2.24, 2.45) is 0 Å². The van der Waals surface area contributed by atoms with E-state index < -0.39 is 0 Å². The van der Waals surface area contributed by atoms with Crippen LogP contribution in [-0.4, -0.2) is 0 Å². The van der Waals surface area contributed by atoms with E-state index in [2.05, 4.69) is 61.5 Å². The number of hydrogen-bond acceptors (Lipinski definition) is 1. The lowest BCUT2D eigenvalue weighted by Gasteiger charge is -1.97. The molecule has 0 aliphatic rings. The number of fused-ring (bicyclic) bond motifs is 4. The highest BCUT2D eigenvalue weighted by atomic mass is 16.3. The second kappa shape index (κ2) is 3.36. The third-order valence-corrected chi connectivity index (χ3v) is 3.49. The standard InChI is InChI=1S/C17H12O/c1-11-6-7-16-14(8-11)15-9-12-4-2-3-5-13(12)10-17(15)18-16/h2-10H,1H3. The van der Waals surface area contributed by atoms with Crippen LogP contribution in [0.5, 0.6) is 0 Å². The third kappa shape index (κ3) is 1.28. The van der Waals surface area contributed by atoms with Gasteiger partial charge in [0.05, 0.1) is 0 Å². The largest absolute Gasteiger partial charge is 0.456 e. The summed E-state index contributed by atoms with van der Waals surface area (Å²) >= 11 is 0. The zero-order chi connectivity index (χ0) is 12.1. The van der Waals surface area contributed by atoms with Crippen LogP contribution in [0.1, 0.15) is 5.56 Å². The van der Waals surface area contributed by atoms with E-state index in [1.807, 2.05) is 0 Å². The molecule has 0 N–H and O–H groups in total. The Morgan fingerprint density at radius 1 is 0.722 bits per heavy atom. The molecule has 0 atom stereocenters. The molecule has 0 saturated heterocycles. The SMILES string of the molecule is Cc1ccc2oc3cc4ccccc4cc3c2c1. The van der Waals surface area contributed by atoms with Crippen LogP contribution < -0.4 is 0 Å². The lowest BCUT2D eigenvalue weighted by Crippen LogP contribution is -1.73. The predicted molar refractivity (Wildman–Crippen MR) is 76.0 cm³/mol. The van der Waals surface area contributed by atoms with Gasteiger partial charge in [0.2, 0.25) is 0 Å². The fraction of sp³-hybridized carbons (Fsp3) is 0.0588. The third-order valence-electron chi connectivity index (χ3n) is 3.49. The molecule has 0 radical (unpaired) electrons. The quantitative estimate of drug-likeness (QED) is 0.413. The molecule has 1 heteroatoms. The normalized spacial score (nSPS) is 11.6. The first-order chi connectivity index (χ1) is 8.81. The van der Waals surface area contributed by atoms with Crippen LogP contribution >= 0.6 is 0 Å². The lowest BCUT2D eigenvalue weighted by atomic mass is 10.1. The number of furan rings is 1. The van der Waals surface area contributed by atoms with Gasteiger partial charge in [0.15, 0.2) is 0 Å². The van der Waals surface area contributed by atoms with Gasteiger partial charge in [0, 0.05) is 10.8 Å². The van der Waals surface area contributed by atoms with Gasteiger partial charge in [-0.05, 0) is 42.0 Å². The van der Waals surface area contributed by atoms with E-state index in [0.717, 1.165) is 11.2 Å². The van der Waals surface area contributed by atoms with Crippen molar-refractivity contribution in [3.8, 4) is 0 Å². The molecule has 4 rings (SSSR count). The molecule has 0 fully saturated rings. The summed E-state index contributed by atoms with van der Waals surface area (Å²) in [6.45, 7) is 2.11. The van der Waals surface area contributed by atoms with E-state index in [0.29, 0.717) is 0 Å². The van der Waals surface area contributed by atoms with E-state index in [1.165, 1.54) is 27.1 Å². The molecule has 3 aromatic carbocycles. The molecule has 1 aromatic heterocycles. The Hall–Kier alpha value is -2.28. The van der Waals surface area contributed by atoms with Gasteiger partial charge >= 0.3 is 0 Å². The maximum absolute atomic E-state index is 5.92. The molecule has 0 unspecified atom stereocenters. The Bertz CT molecular complexity index is 884. The van der Waals surface area contributed by atoms with Crippen LogP contribution in [-0.2, 0) is 0 Å². The Labute approximate surface area is 105 Å². The van der Waals surface area contributed by atoms with E-state index in [9.17, 15) is 0 Å². The van der Waals surface area contributed by atoms with Gasteiger partial charge < -0.3 is 4.42 Å². The first-order valence-electron chi connectivity index (χ1n) is 6.13. The van der Waals surface area contributed by atoms with E-state index in [1.54, 1.807) is 0 Å². The molecule has 1 nitrogen and oxygen atoms in total. The molecule has 0 bridgehead atoms. The summed E-state index contributed by atoms with van der Waals surface area (Å²) < 4.78 is 5.92. The Morgan fingerprint density at radius 3 is 2.28 bits per heavy atom. The first kappa shape index (κ1) is 9.72. The van der Waals surface area contributed by atoms with Crippen molar-refractivity contribution < 1.29 is 4.42 Å². The van der Waals surface area contributed by atoms with Crippen LogP contribution in [0.25, 0.3) is 32.7 Å². The smallest absolute Gasteiger partial charge is 0.136 e. The molecule has 0 amide bonds. The predicted octanol–water partition coefficient (Wildman–Crippen LogP) is 5.05. The number of hydrogen-bond donors (Lipinski definition) is 0. The molecule has 0 aliphatic heterocycles. The van der Waals surface area contributed by atoms with Gasteiger partial charge in [-0.15, -0.1) is 0 Å². The molecular weight excluding hydrogens is 220 g/mol. The van der Waals surface area contributed by atoms with Crippen molar-refractivity contribution in [2.75, 3.05) is 0 Å². The second-order valence-corrected chi connectivity index (χ2v) is 4.80. The Balaban J connectivity index is 2.25.